The molecule has 1 aromatic rings. The van der Waals surface area contributed by atoms with Gasteiger partial charge in [-0.1, -0.05) is 37.3 Å². The zero-order valence-corrected chi connectivity index (χ0v) is 12.4. The predicted molar refractivity (Wildman–Crippen MR) is 80.3 cm³/mol. The monoisotopic (exact) mass is 276 g/mol. The summed E-state index contributed by atoms with van der Waals surface area (Å²) < 4.78 is 0. The standard InChI is InChI=1S/C16H24N2O2/c1-3-16(20)17-11-13-18(14(2)19)12-7-10-15-8-5-4-6-9-15/h4-6,8-9H,3,7,10-13H2,1-2H3,(H,17,20). The molecule has 0 spiro atoms. The van der Waals surface area contributed by atoms with Gasteiger partial charge in [-0.2, -0.15) is 0 Å². The van der Waals surface area contributed by atoms with Crippen LogP contribution in [0, 0.1) is 0 Å². The van der Waals surface area contributed by atoms with Crippen molar-refractivity contribution in [2.75, 3.05) is 19.6 Å². The van der Waals surface area contributed by atoms with E-state index in [1.54, 1.807) is 11.8 Å². The van der Waals surface area contributed by atoms with Crippen LogP contribution in [0.25, 0.3) is 0 Å². The van der Waals surface area contributed by atoms with E-state index in [2.05, 4.69) is 17.4 Å². The molecule has 0 unspecified atom stereocenters. The average molecular weight is 276 g/mol. The molecule has 0 fully saturated rings. The molecule has 0 atom stereocenters. The van der Waals surface area contributed by atoms with Crippen LogP contribution in [0.1, 0.15) is 32.3 Å². The lowest BCUT2D eigenvalue weighted by atomic mass is 10.1. The number of nitrogens with one attached hydrogen (secondary N) is 1. The van der Waals surface area contributed by atoms with Crippen LogP contribution in [0.3, 0.4) is 0 Å². The van der Waals surface area contributed by atoms with E-state index in [9.17, 15) is 9.59 Å². The molecule has 0 aliphatic carbocycles. The third kappa shape index (κ3) is 6.36. The fraction of sp³-hybridized carbons (Fsp3) is 0.500. The summed E-state index contributed by atoms with van der Waals surface area (Å²) in [7, 11) is 0. The van der Waals surface area contributed by atoms with Crippen LogP contribution >= 0.6 is 0 Å². The summed E-state index contributed by atoms with van der Waals surface area (Å²) in [6.45, 7) is 5.22. The smallest absolute Gasteiger partial charge is 0.219 e. The molecule has 0 saturated heterocycles. The van der Waals surface area contributed by atoms with E-state index in [4.69, 9.17) is 0 Å². The van der Waals surface area contributed by atoms with Gasteiger partial charge in [-0.15, -0.1) is 0 Å². The van der Waals surface area contributed by atoms with Gasteiger partial charge < -0.3 is 10.2 Å². The van der Waals surface area contributed by atoms with Gasteiger partial charge in [0, 0.05) is 33.0 Å². The first-order valence-electron chi connectivity index (χ1n) is 7.19. The first-order valence-corrected chi connectivity index (χ1v) is 7.19. The Kier molecular flexibility index (Phi) is 7.40. The largest absolute Gasteiger partial charge is 0.354 e. The van der Waals surface area contributed by atoms with Crippen LogP contribution in [0.4, 0.5) is 0 Å². The van der Waals surface area contributed by atoms with E-state index in [1.165, 1.54) is 5.56 Å². The molecule has 110 valence electrons. The quantitative estimate of drug-likeness (QED) is 0.789. The Hall–Kier alpha value is -1.84. The fourth-order valence-corrected chi connectivity index (χ4v) is 2.00. The second-order valence-corrected chi connectivity index (χ2v) is 4.80. The van der Waals surface area contributed by atoms with Gasteiger partial charge in [-0.25, -0.2) is 0 Å². The van der Waals surface area contributed by atoms with Gasteiger partial charge in [0.05, 0.1) is 0 Å². The van der Waals surface area contributed by atoms with Gasteiger partial charge in [0.15, 0.2) is 0 Å². The van der Waals surface area contributed by atoms with Gasteiger partial charge in [0.2, 0.25) is 11.8 Å². The van der Waals surface area contributed by atoms with Crippen LogP contribution in [0.5, 0.6) is 0 Å². The average Bonchev–Trinajstić information content (AvgIpc) is 2.46. The van der Waals surface area contributed by atoms with Gasteiger partial charge >= 0.3 is 0 Å². The number of hydrogen-bond donors (Lipinski definition) is 1. The normalized spacial score (nSPS) is 10.1. The second kappa shape index (κ2) is 9.13. The van der Waals surface area contributed by atoms with Gasteiger partial charge in [-0.3, -0.25) is 9.59 Å². The lowest BCUT2D eigenvalue weighted by Gasteiger charge is -2.21. The molecular formula is C16H24N2O2. The SMILES string of the molecule is CCC(=O)NCCN(CCCc1ccccc1)C(C)=O. The number of carbonyl (C=O) groups is 2. The van der Waals surface area contributed by atoms with Crippen LogP contribution in [-0.4, -0.2) is 36.3 Å². The highest BCUT2D eigenvalue weighted by atomic mass is 16.2. The van der Waals surface area contributed by atoms with Crippen molar-refractivity contribution in [3.63, 3.8) is 0 Å². The summed E-state index contributed by atoms with van der Waals surface area (Å²) in [5.74, 6) is 0.0848. The van der Waals surface area contributed by atoms with Gasteiger partial charge in [0.25, 0.3) is 0 Å². The summed E-state index contributed by atoms with van der Waals surface area (Å²) in [5, 5.41) is 2.79. The molecule has 1 rings (SSSR count). The molecule has 0 saturated carbocycles. The minimum absolute atomic E-state index is 0.0257. The van der Waals surface area contributed by atoms with Crippen molar-refractivity contribution >= 4 is 11.8 Å². The zero-order chi connectivity index (χ0) is 14.8. The van der Waals surface area contributed by atoms with E-state index >= 15 is 0 Å². The maximum Gasteiger partial charge on any atom is 0.219 e. The van der Waals surface area contributed by atoms with Crippen LogP contribution in [0.2, 0.25) is 0 Å². The highest BCUT2D eigenvalue weighted by Gasteiger charge is 2.08. The number of aryl methyl sites for hydroxylation is 1. The molecule has 0 heterocycles. The van der Waals surface area contributed by atoms with Crippen molar-refractivity contribution < 1.29 is 9.59 Å². The van der Waals surface area contributed by atoms with E-state index in [0.29, 0.717) is 19.5 Å². The summed E-state index contributed by atoms with van der Waals surface area (Å²) in [5.41, 5.74) is 1.29. The van der Waals surface area contributed by atoms with E-state index < -0.39 is 0 Å². The Morgan fingerprint density at radius 2 is 1.85 bits per heavy atom. The molecule has 0 bridgehead atoms. The van der Waals surface area contributed by atoms with Gasteiger partial charge in [-0.05, 0) is 18.4 Å². The van der Waals surface area contributed by atoms with Crippen molar-refractivity contribution in [3.8, 4) is 0 Å². The minimum atomic E-state index is 0.0257. The van der Waals surface area contributed by atoms with E-state index in [-0.39, 0.29) is 11.8 Å². The summed E-state index contributed by atoms with van der Waals surface area (Å²) in [4.78, 5) is 24.5. The number of amides is 2. The molecule has 4 nitrogen and oxygen atoms in total. The van der Waals surface area contributed by atoms with Crippen LogP contribution < -0.4 is 5.32 Å². The Morgan fingerprint density at radius 1 is 1.15 bits per heavy atom. The maximum absolute atomic E-state index is 11.5. The van der Waals surface area contributed by atoms with Crippen molar-refractivity contribution in [1.29, 1.82) is 0 Å². The molecule has 0 aliphatic rings. The molecular weight excluding hydrogens is 252 g/mol. The highest BCUT2D eigenvalue weighted by Crippen LogP contribution is 2.03. The molecule has 20 heavy (non-hydrogen) atoms. The van der Waals surface area contributed by atoms with Crippen molar-refractivity contribution in [1.82, 2.24) is 10.2 Å². The third-order valence-corrected chi connectivity index (χ3v) is 3.21. The molecule has 0 radical (unpaired) electrons. The van der Waals surface area contributed by atoms with Crippen LogP contribution in [-0.2, 0) is 16.0 Å². The lowest BCUT2D eigenvalue weighted by Crippen LogP contribution is -2.38. The molecule has 1 aromatic carbocycles. The number of rotatable bonds is 8. The molecule has 0 aromatic heterocycles. The third-order valence-electron chi connectivity index (χ3n) is 3.21. The Morgan fingerprint density at radius 3 is 2.45 bits per heavy atom. The summed E-state index contributed by atoms with van der Waals surface area (Å²) in [6, 6.07) is 10.2. The van der Waals surface area contributed by atoms with E-state index in [0.717, 1.165) is 19.4 Å². The molecule has 4 heteroatoms. The van der Waals surface area contributed by atoms with Crippen LogP contribution in [0.15, 0.2) is 30.3 Å². The number of benzene rings is 1. The maximum atomic E-state index is 11.5. The molecule has 2 amide bonds. The summed E-state index contributed by atoms with van der Waals surface area (Å²) in [6.07, 6.45) is 2.38. The number of carbonyl (C=O) groups excluding carboxylic acids is 2. The Labute approximate surface area is 121 Å². The Bertz CT molecular complexity index is 418. The van der Waals surface area contributed by atoms with Crippen molar-refractivity contribution in [2.45, 2.75) is 33.1 Å². The zero-order valence-electron chi connectivity index (χ0n) is 12.4. The van der Waals surface area contributed by atoms with Crippen molar-refractivity contribution in [2.24, 2.45) is 0 Å². The second-order valence-electron chi connectivity index (χ2n) is 4.80. The minimum Gasteiger partial charge on any atom is -0.354 e. The number of hydrogen-bond acceptors (Lipinski definition) is 2. The first kappa shape index (κ1) is 16.2. The van der Waals surface area contributed by atoms with Crippen molar-refractivity contribution in [3.05, 3.63) is 35.9 Å². The highest BCUT2D eigenvalue weighted by molar-refractivity contribution is 5.75. The Balaban J connectivity index is 2.28. The van der Waals surface area contributed by atoms with Gasteiger partial charge in [0.1, 0.15) is 0 Å². The summed E-state index contributed by atoms with van der Waals surface area (Å²) >= 11 is 0. The fourth-order valence-electron chi connectivity index (χ4n) is 2.00. The molecule has 0 aliphatic heterocycles. The lowest BCUT2D eigenvalue weighted by molar-refractivity contribution is -0.129. The predicted octanol–water partition coefficient (Wildman–Crippen LogP) is 1.99. The topological polar surface area (TPSA) is 49.4 Å². The molecule has 1 N–H and O–H groups in total. The van der Waals surface area contributed by atoms with E-state index in [1.807, 2.05) is 25.1 Å². The number of nitrogens with zero attached hydrogens (tertiary/aromatic N) is 1. The first-order chi connectivity index (χ1) is 9.63.